The Morgan fingerprint density at radius 1 is 0.852 bits per heavy atom. The third-order valence-corrected chi connectivity index (χ3v) is 5.46. The smallest absolute Gasteiger partial charge is 0.333 e. The molecule has 0 saturated heterocycles. The molecule has 0 radical (unpaired) electrons. The first-order valence-electron chi connectivity index (χ1n) is 11.5. The van der Waals surface area contributed by atoms with Crippen LogP contribution in [-0.4, -0.2) is 37.1 Å². The Morgan fingerprint density at radius 3 is 1.67 bits per heavy atom. The minimum atomic E-state index is -0.251. The molecule has 27 heavy (non-hydrogen) atoms. The molecule has 0 rings (SSSR count). The van der Waals surface area contributed by atoms with Crippen LogP contribution in [0.15, 0.2) is 12.2 Å². The van der Waals surface area contributed by atoms with Gasteiger partial charge in [0.25, 0.3) is 0 Å². The average Bonchev–Trinajstić information content (AvgIpc) is 2.62. The summed E-state index contributed by atoms with van der Waals surface area (Å²) in [6.07, 6.45) is 18.1. The molecule has 0 fully saturated rings. The summed E-state index contributed by atoms with van der Waals surface area (Å²) in [6.45, 7) is 9.87. The maximum absolute atomic E-state index is 12.0. The number of nitrogens with zero attached hydrogens (tertiary/aromatic N) is 1. The first-order valence-corrected chi connectivity index (χ1v) is 11.5. The maximum Gasteiger partial charge on any atom is 0.333 e. The standard InChI is InChI=1S/C24H47NO2/c1-7-9-10-11-12-13-14-15-16-17-18-19-20-23(22(8-2)25(5)6)27-24(26)21(3)4/h22-23H,3,7-20H2,1-2,4-6H3. The Morgan fingerprint density at radius 2 is 1.30 bits per heavy atom. The lowest BCUT2D eigenvalue weighted by molar-refractivity contribution is -0.147. The van der Waals surface area contributed by atoms with E-state index in [0.29, 0.717) is 5.57 Å². The summed E-state index contributed by atoms with van der Waals surface area (Å²) in [6, 6.07) is 0.279. The summed E-state index contributed by atoms with van der Waals surface area (Å²) in [5.41, 5.74) is 0.489. The zero-order valence-electron chi connectivity index (χ0n) is 19.0. The van der Waals surface area contributed by atoms with Crippen LogP contribution in [0.5, 0.6) is 0 Å². The summed E-state index contributed by atoms with van der Waals surface area (Å²) < 4.78 is 5.75. The van der Waals surface area contributed by atoms with Gasteiger partial charge in [-0.1, -0.05) is 91.1 Å². The van der Waals surface area contributed by atoms with Gasteiger partial charge < -0.3 is 9.64 Å². The fraction of sp³-hybridized carbons (Fsp3) is 0.875. The minimum absolute atomic E-state index is 0.0303. The van der Waals surface area contributed by atoms with Crippen LogP contribution in [-0.2, 0) is 9.53 Å². The highest BCUT2D eigenvalue weighted by molar-refractivity contribution is 5.87. The Bertz CT molecular complexity index is 379. The van der Waals surface area contributed by atoms with Crippen molar-refractivity contribution in [2.24, 2.45) is 0 Å². The van der Waals surface area contributed by atoms with Crippen molar-refractivity contribution in [1.82, 2.24) is 4.90 Å². The number of ether oxygens (including phenoxy) is 1. The van der Waals surface area contributed by atoms with E-state index in [1.165, 1.54) is 70.6 Å². The topological polar surface area (TPSA) is 29.5 Å². The van der Waals surface area contributed by atoms with Gasteiger partial charge in [-0.05, 0) is 40.3 Å². The fourth-order valence-electron chi connectivity index (χ4n) is 3.72. The molecule has 0 aliphatic heterocycles. The number of hydrogen-bond acceptors (Lipinski definition) is 3. The fourth-order valence-corrected chi connectivity index (χ4v) is 3.72. The van der Waals surface area contributed by atoms with Crippen LogP contribution in [0.1, 0.15) is 111 Å². The van der Waals surface area contributed by atoms with E-state index in [1.807, 2.05) is 0 Å². The molecule has 0 aliphatic carbocycles. The van der Waals surface area contributed by atoms with Crippen LogP contribution in [0.2, 0.25) is 0 Å². The van der Waals surface area contributed by atoms with Gasteiger partial charge in [-0.15, -0.1) is 0 Å². The predicted molar refractivity (Wildman–Crippen MR) is 118 cm³/mol. The molecule has 0 heterocycles. The lowest BCUT2D eigenvalue weighted by atomic mass is 9.99. The summed E-state index contributed by atoms with van der Waals surface area (Å²) in [7, 11) is 4.13. The number of rotatable bonds is 18. The molecule has 0 N–H and O–H groups in total. The van der Waals surface area contributed by atoms with Crippen molar-refractivity contribution in [2.75, 3.05) is 14.1 Å². The third kappa shape index (κ3) is 13.9. The summed E-state index contributed by atoms with van der Waals surface area (Å²) in [5.74, 6) is -0.251. The van der Waals surface area contributed by atoms with Crippen molar-refractivity contribution in [3.8, 4) is 0 Å². The number of carbonyl (C=O) groups excluding carboxylic acids is 1. The van der Waals surface area contributed by atoms with Gasteiger partial charge in [-0.2, -0.15) is 0 Å². The molecule has 2 unspecified atom stereocenters. The van der Waals surface area contributed by atoms with E-state index in [1.54, 1.807) is 6.92 Å². The van der Waals surface area contributed by atoms with E-state index in [2.05, 4.69) is 39.4 Å². The number of likely N-dealkylation sites (N-methyl/N-ethyl adjacent to an activating group) is 1. The van der Waals surface area contributed by atoms with E-state index >= 15 is 0 Å². The highest BCUT2D eigenvalue weighted by atomic mass is 16.5. The van der Waals surface area contributed by atoms with Gasteiger partial charge in [0, 0.05) is 11.6 Å². The second-order valence-corrected chi connectivity index (χ2v) is 8.34. The molecule has 0 aliphatic rings. The zero-order chi connectivity index (χ0) is 20.5. The summed E-state index contributed by atoms with van der Waals surface area (Å²) in [5, 5.41) is 0. The zero-order valence-corrected chi connectivity index (χ0v) is 19.0. The maximum atomic E-state index is 12.0. The SMILES string of the molecule is C=C(C)C(=O)OC(CCCCCCCCCCCCCC)C(CC)N(C)C. The van der Waals surface area contributed by atoms with E-state index in [0.717, 1.165) is 19.3 Å². The highest BCUT2D eigenvalue weighted by Crippen LogP contribution is 2.19. The first-order chi connectivity index (χ1) is 12.9. The van der Waals surface area contributed by atoms with Crippen LogP contribution in [0, 0.1) is 0 Å². The summed E-state index contributed by atoms with van der Waals surface area (Å²) in [4.78, 5) is 14.2. The van der Waals surface area contributed by atoms with Crippen LogP contribution >= 0.6 is 0 Å². The quantitative estimate of drug-likeness (QED) is 0.147. The monoisotopic (exact) mass is 381 g/mol. The molecule has 0 spiro atoms. The molecule has 0 amide bonds. The van der Waals surface area contributed by atoms with E-state index < -0.39 is 0 Å². The molecular weight excluding hydrogens is 334 g/mol. The number of carbonyl (C=O) groups is 1. The molecule has 160 valence electrons. The average molecular weight is 382 g/mol. The van der Waals surface area contributed by atoms with Gasteiger partial charge in [0.2, 0.25) is 0 Å². The molecule has 0 aromatic carbocycles. The van der Waals surface area contributed by atoms with E-state index in [4.69, 9.17) is 4.74 Å². The van der Waals surface area contributed by atoms with Gasteiger partial charge in [0.1, 0.15) is 6.10 Å². The number of unbranched alkanes of at least 4 members (excludes halogenated alkanes) is 11. The van der Waals surface area contributed by atoms with Crippen molar-refractivity contribution in [2.45, 2.75) is 123 Å². The minimum Gasteiger partial charge on any atom is -0.457 e. The van der Waals surface area contributed by atoms with Crippen molar-refractivity contribution in [1.29, 1.82) is 0 Å². The molecule has 0 bridgehead atoms. The van der Waals surface area contributed by atoms with Gasteiger partial charge >= 0.3 is 5.97 Å². The largest absolute Gasteiger partial charge is 0.457 e. The lowest BCUT2D eigenvalue weighted by Crippen LogP contribution is -2.41. The van der Waals surface area contributed by atoms with Crippen molar-refractivity contribution < 1.29 is 9.53 Å². The van der Waals surface area contributed by atoms with Crippen LogP contribution < -0.4 is 0 Å². The molecule has 2 atom stereocenters. The Labute approximate surface area is 169 Å². The predicted octanol–water partition coefficient (Wildman–Crippen LogP) is 6.91. The molecular formula is C24H47NO2. The van der Waals surface area contributed by atoms with Crippen LogP contribution in [0.4, 0.5) is 0 Å². The van der Waals surface area contributed by atoms with Gasteiger partial charge in [-0.25, -0.2) is 4.79 Å². The Kier molecular flexibility index (Phi) is 16.7. The molecule has 0 saturated carbocycles. The first kappa shape index (κ1) is 26.2. The second-order valence-electron chi connectivity index (χ2n) is 8.34. The number of hydrogen-bond donors (Lipinski definition) is 0. The molecule has 3 nitrogen and oxygen atoms in total. The normalized spacial score (nSPS) is 13.6. The highest BCUT2D eigenvalue weighted by Gasteiger charge is 2.25. The van der Waals surface area contributed by atoms with Crippen LogP contribution in [0.3, 0.4) is 0 Å². The van der Waals surface area contributed by atoms with E-state index in [9.17, 15) is 4.79 Å². The molecule has 0 aromatic heterocycles. The summed E-state index contributed by atoms with van der Waals surface area (Å²) >= 11 is 0. The van der Waals surface area contributed by atoms with Gasteiger partial charge in [0.05, 0.1) is 0 Å². The molecule has 0 aromatic rings. The Balaban J connectivity index is 3.92. The van der Waals surface area contributed by atoms with Crippen molar-refractivity contribution >= 4 is 5.97 Å². The number of esters is 1. The van der Waals surface area contributed by atoms with Crippen molar-refractivity contribution in [3.05, 3.63) is 12.2 Å². The van der Waals surface area contributed by atoms with Gasteiger partial charge in [0.15, 0.2) is 0 Å². The molecule has 3 heteroatoms. The van der Waals surface area contributed by atoms with Crippen molar-refractivity contribution in [3.63, 3.8) is 0 Å². The second kappa shape index (κ2) is 17.3. The third-order valence-electron chi connectivity index (χ3n) is 5.46. The van der Waals surface area contributed by atoms with E-state index in [-0.39, 0.29) is 18.1 Å². The van der Waals surface area contributed by atoms with Gasteiger partial charge in [-0.3, -0.25) is 0 Å². The van der Waals surface area contributed by atoms with Crippen LogP contribution in [0.25, 0.3) is 0 Å². The Hall–Kier alpha value is -0.830. The lowest BCUT2D eigenvalue weighted by Gasteiger charge is -2.31.